The first-order chi connectivity index (χ1) is 16.1. The minimum Gasteiger partial charge on any atom is -0.462 e. The van der Waals surface area contributed by atoms with Crippen molar-refractivity contribution >= 4 is 11.9 Å². The van der Waals surface area contributed by atoms with Crippen molar-refractivity contribution in [3.8, 4) is 0 Å². The summed E-state index contributed by atoms with van der Waals surface area (Å²) in [5.41, 5.74) is 1.06. The third-order valence-corrected chi connectivity index (χ3v) is 6.18. The molecular formula is C29H49NO3. The van der Waals surface area contributed by atoms with Crippen molar-refractivity contribution in [1.29, 1.82) is 0 Å². The number of hydrogen-bond acceptors (Lipinski definition) is 3. The Kier molecular flexibility index (Phi) is 17.4. The fourth-order valence-electron chi connectivity index (χ4n) is 4.04. The molecule has 0 saturated heterocycles. The molecule has 0 heterocycles. The topological polar surface area (TPSA) is 46.6 Å². The molecule has 0 unspecified atom stereocenters. The Balaban J connectivity index is 2.65. The van der Waals surface area contributed by atoms with E-state index in [9.17, 15) is 9.59 Å². The molecule has 0 saturated carbocycles. The second kappa shape index (κ2) is 19.6. The Bertz CT molecular complexity index is 630. The van der Waals surface area contributed by atoms with Crippen molar-refractivity contribution < 1.29 is 14.3 Å². The molecule has 33 heavy (non-hydrogen) atoms. The van der Waals surface area contributed by atoms with Gasteiger partial charge in [-0.1, -0.05) is 104 Å². The van der Waals surface area contributed by atoms with Crippen molar-refractivity contribution in [2.24, 2.45) is 0 Å². The lowest BCUT2D eigenvalue weighted by Gasteiger charge is -2.23. The van der Waals surface area contributed by atoms with Crippen LogP contribution in [0.1, 0.15) is 138 Å². The Morgan fingerprint density at radius 1 is 0.667 bits per heavy atom. The third kappa shape index (κ3) is 13.5. The van der Waals surface area contributed by atoms with Gasteiger partial charge >= 0.3 is 5.97 Å². The first-order valence-corrected chi connectivity index (χ1v) is 13.7. The summed E-state index contributed by atoms with van der Waals surface area (Å²) in [6.45, 7) is 8.66. The molecule has 0 N–H and O–H groups in total. The van der Waals surface area contributed by atoms with E-state index in [1.54, 1.807) is 18.2 Å². The minimum atomic E-state index is -0.328. The number of hydrogen-bond donors (Lipinski definition) is 0. The van der Waals surface area contributed by atoms with Gasteiger partial charge in [-0.2, -0.15) is 0 Å². The fraction of sp³-hybridized carbons (Fsp3) is 0.724. The van der Waals surface area contributed by atoms with Crippen LogP contribution in [-0.4, -0.2) is 36.5 Å². The largest absolute Gasteiger partial charge is 0.462 e. The normalized spacial score (nSPS) is 10.9. The maximum atomic E-state index is 13.3. The van der Waals surface area contributed by atoms with Crippen molar-refractivity contribution in [3.05, 3.63) is 35.4 Å². The molecule has 0 aliphatic heterocycles. The number of amides is 1. The van der Waals surface area contributed by atoms with E-state index < -0.39 is 0 Å². The quantitative estimate of drug-likeness (QED) is 0.146. The molecule has 0 aromatic heterocycles. The van der Waals surface area contributed by atoms with Crippen LogP contribution in [0.15, 0.2) is 24.3 Å². The monoisotopic (exact) mass is 459 g/mol. The number of nitrogens with zero attached hydrogens (tertiary/aromatic N) is 1. The summed E-state index contributed by atoms with van der Waals surface area (Å²) in [4.78, 5) is 27.8. The predicted molar refractivity (Wildman–Crippen MR) is 139 cm³/mol. The first-order valence-electron chi connectivity index (χ1n) is 13.7. The summed E-state index contributed by atoms with van der Waals surface area (Å²) in [5, 5.41) is 0. The molecule has 1 aromatic rings. The number of carbonyl (C=O) groups excluding carboxylic acids is 2. The molecule has 188 valence electrons. The molecule has 0 fully saturated rings. The lowest BCUT2D eigenvalue weighted by molar-refractivity contribution is 0.0497. The lowest BCUT2D eigenvalue weighted by atomic mass is 10.1. The summed E-state index contributed by atoms with van der Waals surface area (Å²) in [6, 6.07) is 7.08. The van der Waals surface area contributed by atoms with Crippen LogP contribution in [0.25, 0.3) is 0 Å². The van der Waals surface area contributed by atoms with E-state index >= 15 is 0 Å². The van der Waals surface area contributed by atoms with Crippen LogP contribution in [0.3, 0.4) is 0 Å². The molecule has 4 nitrogen and oxygen atoms in total. The maximum absolute atomic E-state index is 13.3. The minimum absolute atomic E-state index is 0.0372. The number of esters is 1. The molecule has 0 aliphatic rings. The zero-order valence-electron chi connectivity index (χ0n) is 21.7. The van der Waals surface area contributed by atoms with Crippen molar-refractivity contribution in [2.45, 2.75) is 117 Å². The van der Waals surface area contributed by atoms with Gasteiger partial charge in [0.25, 0.3) is 5.91 Å². The Morgan fingerprint density at radius 2 is 1.15 bits per heavy atom. The molecule has 0 bridgehead atoms. The summed E-state index contributed by atoms with van der Waals surface area (Å²) < 4.78 is 5.44. The van der Waals surface area contributed by atoms with E-state index in [0.29, 0.717) is 17.7 Å². The molecular weight excluding hydrogens is 410 g/mol. The van der Waals surface area contributed by atoms with Gasteiger partial charge in [-0.15, -0.1) is 0 Å². The number of benzene rings is 1. The van der Waals surface area contributed by atoms with Gasteiger partial charge in [-0.05, 0) is 37.5 Å². The van der Waals surface area contributed by atoms with Crippen LogP contribution >= 0.6 is 0 Å². The Morgan fingerprint density at radius 3 is 1.70 bits per heavy atom. The molecule has 0 spiro atoms. The average molecular weight is 460 g/mol. The van der Waals surface area contributed by atoms with Crippen LogP contribution in [0.2, 0.25) is 0 Å². The highest BCUT2D eigenvalue weighted by Gasteiger charge is 2.17. The molecule has 0 atom stereocenters. The van der Waals surface area contributed by atoms with E-state index in [-0.39, 0.29) is 11.9 Å². The van der Waals surface area contributed by atoms with Crippen molar-refractivity contribution in [3.63, 3.8) is 0 Å². The standard InChI is InChI=1S/C29H49NO3/c1-4-7-10-13-16-22-30(23-17-14-11-8-5-2)28(31)26-20-19-21-27(25-26)29(32)33-24-18-15-12-9-6-3/h19-21,25H,4-18,22-24H2,1-3H3. The van der Waals surface area contributed by atoms with Crippen LogP contribution in [0, 0.1) is 0 Å². The summed E-state index contributed by atoms with van der Waals surface area (Å²) in [6.07, 6.45) is 17.4. The molecule has 4 heteroatoms. The van der Waals surface area contributed by atoms with Crippen LogP contribution in [-0.2, 0) is 4.74 Å². The molecule has 0 aliphatic carbocycles. The van der Waals surface area contributed by atoms with E-state index in [4.69, 9.17) is 4.74 Å². The predicted octanol–water partition coefficient (Wildman–Crippen LogP) is 8.20. The van der Waals surface area contributed by atoms with Gasteiger partial charge in [-0.25, -0.2) is 4.79 Å². The molecule has 1 rings (SSSR count). The van der Waals surface area contributed by atoms with Crippen LogP contribution in [0.5, 0.6) is 0 Å². The summed E-state index contributed by atoms with van der Waals surface area (Å²) in [5.74, 6) is -0.291. The van der Waals surface area contributed by atoms with E-state index in [0.717, 1.165) is 51.6 Å². The molecule has 0 radical (unpaired) electrons. The van der Waals surface area contributed by atoms with Crippen molar-refractivity contribution in [1.82, 2.24) is 4.90 Å². The highest BCUT2D eigenvalue weighted by atomic mass is 16.5. The van der Waals surface area contributed by atoms with Gasteiger partial charge in [-0.3, -0.25) is 4.79 Å². The second-order valence-corrected chi connectivity index (χ2v) is 9.25. The zero-order chi connectivity index (χ0) is 24.2. The molecule has 1 aromatic carbocycles. The first kappa shape index (κ1) is 29.2. The Hall–Kier alpha value is -1.84. The van der Waals surface area contributed by atoms with Crippen molar-refractivity contribution in [2.75, 3.05) is 19.7 Å². The van der Waals surface area contributed by atoms with Gasteiger partial charge < -0.3 is 9.64 Å². The average Bonchev–Trinajstić information content (AvgIpc) is 2.84. The van der Waals surface area contributed by atoms with Crippen LogP contribution in [0.4, 0.5) is 0 Å². The lowest BCUT2D eigenvalue weighted by Crippen LogP contribution is -2.33. The van der Waals surface area contributed by atoms with Crippen LogP contribution < -0.4 is 0 Å². The van der Waals surface area contributed by atoms with Gasteiger partial charge in [0.05, 0.1) is 12.2 Å². The van der Waals surface area contributed by atoms with E-state index in [1.165, 1.54) is 57.8 Å². The van der Waals surface area contributed by atoms with E-state index in [1.807, 2.05) is 11.0 Å². The maximum Gasteiger partial charge on any atom is 0.338 e. The van der Waals surface area contributed by atoms with E-state index in [2.05, 4.69) is 20.8 Å². The highest BCUT2D eigenvalue weighted by molar-refractivity contribution is 5.97. The van der Waals surface area contributed by atoms with Gasteiger partial charge in [0.1, 0.15) is 0 Å². The Labute approximate surface area is 203 Å². The van der Waals surface area contributed by atoms with Gasteiger partial charge in [0.15, 0.2) is 0 Å². The number of unbranched alkanes of at least 4 members (excludes halogenated alkanes) is 12. The second-order valence-electron chi connectivity index (χ2n) is 9.25. The number of rotatable bonds is 20. The SMILES string of the molecule is CCCCCCCOC(=O)c1cccc(C(=O)N(CCCCCCC)CCCCCCC)c1. The molecule has 1 amide bonds. The number of ether oxygens (including phenoxy) is 1. The summed E-state index contributed by atoms with van der Waals surface area (Å²) in [7, 11) is 0. The highest BCUT2D eigenvalue weighted by Crippen LogP contribution is 2.14. The fourth-order valence-corrected chi connectivity index (χ4v) is 4.04. The summed E-state index contributed by atoms with van der Waals surface area (Å²) >= 11 is 0. The zero-order valence-corrected chi connectivity index (χ0v) is 21.7. The van der Waals surface area contributed by atoms with Gasteiger partial charge in [0.2, 0.25) is 0 Å². The van der Waals surface area contributed by atoms with Gasteiger partial charge in [0, 0.05) is 18.7 Å². The smallest absolute Gasteiger partial charge is 0.338 e. The third-order valence-electron chi connectivity index (χ3n) is 6.18. The number of carbonyl (C=O) groups is 2.